The minimum absolute atomic E-state index is 0.00639. The van der Waals surface area contributed by atoms with Crippen LogP contribution in [0.5, 0.6) is 0 Å². The number of rotatable bonds is 0. The number of hydrogen-bond donors (Lipinski definition) is 1. The van der Waals surface area contributed by atoms with Gasteiger partial charge in [-0.05, 0) is 31.1 Å². The van der Waals surface area contributed by atoms with Crippen molar-refractivity contribution in [1.29, 1.82) is 0 Å². The molecule has 0 amide bonds. The molecule has 0 aromatic carbocycles. The first-order valence-corrected chi connectivity index (χ1v) is 6.99. The fraction of sp³-hybridized carbons (Fsp3) is 0.800. The molecule has 3 nitrogen and oxygen atoms in total. The molecule has 3 rings (SSSR count). The Kier molecular flexibility index (Phi) is 2.30. The zero-order valence-electron chi connectivity index (χ0n) is 11.4. The fourth-order valence-corrected chi connectivity index (χ4v) is 4.76. The maximum absolute atomic E-state index is 12.5. The Balaban J connectivity index is 2.18. The van der Waals surface area contributed by atoms with Crippen molar-refractivity contribution >= 4 is 5.97 Å². The first-order valence-electron chi connectivity index (χ1n) is 6.99. The Bertz CT molecular complexity index is 428. The summed E-state index contributed by atoms with van der Waals surface area (Å²) < 4.78 is 5.41. The molecule has 0 bridgehead atoms. The van der Waals surface area contributed by atoms with Gasteiger partial charge in [-0.2, -0.15) is 0 Å². The molecule has 1 saturated heterocycles. The van der Waals surface area contributed by atoms with Gasteiger partial charge >= 0.3 is 5.97 Å². The van der Waals surface area contributed by atoms with E-state index in [1.54, 1.807) is 0 Å². The quantitative estimate of drug-likeness (QED) is 0.530. The number of nitrogens with two attached hydrogens (primary N) is 1. The molecule has 3 atom stereocenters. The van der Waals surface area contributed by atoms with E-state index in [0.29, 0.717) is 6.61 Å². The largest absolute Gasteiger partial charge is 0.465 e. The van der Waals surface area contributed by atoms with E-state index < -0.39 is 11.0 Å². The minimum Gasteiger partial charge on any atom is -0.465 e. The van der Waals surface area contributed by atoms with Crippen molar-refractivity contribution in [3.8, 4) is 0 Å². The van der Waals surface area contributed by atoms with E-state index in [4.69, 9.17) is 10.5 Å². The van der Waals surface area contributed by atoms with E-state index in [1.807, 2.05) is 0 Å². The van der Waals surface area contributed by atoms with Crippen LogP contribution in [-0.4, -0.2) is 18.1 Å². The van der Waals surface area contributed by atoms with Crippen LogP contribution in [0, 0.1) is 16.7 Å². The Labute approximate surface area is 109 Å². The summed E-state index contributed by atoms with van der Waals surface area (Å²) in [6.45, 7) is 9.09. The van der Waals surface area contributed by atoms with Crippen LogP contribution in [0.2, 0.25) is 0 Å². The summed E-state index contributed by atoms with van der Waals surface area (Å²) >= 11 is 0. The molecule has 2 saturated carbocycles. The molecular weight excluding hydrogens is 226 g/mol. The SMILES string of the molecule is C=C1CC[C@@]2(N)C(C)(C)CCCC23C(=O)OC[C@@H]13. The van der Waals surface area contributed by atoms with Gasteiger partial charge in [-0.1, -0.05) is 32.4 Å². The number of ether oxygens (including phenoxy) is 1. The lowest BCUT2D eigenvalue weighted by Gasteiger charge is -2.61. The molecule has 3 aliphatic rings. The van der Waals surface area contributed by atoms with E-state index in [2.05, 4.69) is 20.4 Å². The Morgan fingerprint density at radius 3 is 2.78 bits per heavy atom. The lowest BCUT2D eigenvalue weighted by atomic mass is 9.43. The van der Waals surface area contributed by atoms with Crippen LogP contribution in [0.15, 0.2) is 12.2 Å². The molecule has 1 unspecified atom stereocenters. The van der Waals surface area contributed by atoms with E-state index in [9.17, 15) is 4.79 Å². The van der Waals surface area contributed by atoms with Crippen LogP contribution in [0.25, 0.3) is 0 Å². The van der Waals surface area contributed by atoms with Crippen LogP contribution < -0.4 is 5.73 Å². The molecule has 3 heteroatoms. The molecule has 2 aliphatic carbocycles. The van der Waals surface area contributed by atoms with Gasteiger partial charge in [0, 0.05) is 11.5 Å². The van der Waals surface area contributed by atoms with Crippen molar-refractivity contribution in [3.63, 3.8) is 0 Å². The molecule has 100 valence electrons. The molecule has 1 spiro atoms. The van der Waals surface area contributed by atoms with Crippen molar-refractivity contribution in [2.24, 2.45) is 22.5 Å². The minimum atomic E-state index is -0.496. The second-order valence-electron chi connectivity index (χ2n) is 6.99. The highest BCUT2D eigenvalue weighted by Gasteiger charge is 2.70. The zero-order chi connectivity index (χ0) is 13.2. The Hall–Kier alpha value is -0.830. The van der Waals surface area contributed by atoms with Crippen LogP contribution >= 0.6 is 0 Å². The summed E-state index contributed by atoms with van der Waals surface area (Å²) in [4.78, 5) is 12.5. The molecule has 18 heavy (non-hydrogen) atoms. The van der Waals surface area contributed by atoms with Crippen molar-refractivity contribution in [1.82, 2.24) is 0 Å². The average Bonchev–Trinajstić information content (AvgIpc) is 2.62. The number of carbonyl (C=O) groups is 1. The van der Waals surface area contributed by atoms with Crippen molar-refractivity contribution in [2.45, 2.75) is 51.5 Å². The number of esters is 1. The molecule has 1 heterocycles. The topological polar surface area (TPSA) is 52.3 Å². The highest BCUT2D eigenvalue weighted by atomic mass is 16.5. The lowest BCUT2D eigenvalue weighted by molar-refractivity contribution is -0.160. The maximum Gasteiger partial charge on any atom is 0.314 e. The van der Waals surface area contributed by atoms with E-state index in [0.717, 1.165) is 32.1 Å². The summed E-state index contributed by atoms with van der Waals surface area (Å²) in [5.74, 6) is 0.0759. The lowest BCUT2D eigenvalue weighted by Crippen LogP contribution is -2.71. The summed E-state index contributed by atoms with van der Waals surface area (Å²) in [5.41, 5.74) is 7.06. The zero-order valence-corrected chi connectivity index (χ0v) is 11.4. The van der Waals surface area contributed by atoms with Gasteiger partial charge in [-0.25, -0.2) is 0 Å². The van der Waals surface area contributed by atoms with Crippen molar-refractivity contribution in [3.05, 3.63) is 12.2 Å². The van der Waals surface area contributed by atoms with E-state index in [1.165, 1.54) is 5.57 Å². The summed E-state index contributed by atoms with van der Waals surface area (Å²) in [6, 6.07) is 0. The monoisotopic (exact) mass is 249 g/mol. The summed E-state index contributed by atoms with van der Waals surface area (Å²) in [5, 5.41) is 0. The van der Waals surface area contributed by atoms with Crippen molar-refractivity contribution < 1.29 is 9.53 Å². The predicted octanol–water partition coefficient (Wildman–Crippen LogP) is 2.40. The van der Waals surface area contributed by atoms with Crippen LogP contribution in [-0.2, 0) is 9.53 Å². The third-order valence-electron chi connectivity index (χ3n) is 6.05. The van der Waals surface area contributed by atoms with Gasteiger partial charge < -0.3 is 10.5 Å². The normalized spacial score (nSPS) is 46.3. The highest BCUT2D eigenvalue weighted by molar-refractivity contribution is 5.83. The van der Waals surface area contributed by atoms with Gasteiger partial charge in [-0.3, -0.25) is 4.79 Å². The summed E-state index contributed by atoms with van der Waals surface area (Å²) in [6.07, 6.45) is 4.82. The smallest absolute Gasteiger partial charge is 0.314 e. The molecule has 3 fully saturated rings. The molecule has 0 radical (unpaired) electrons. The van der Waals surface area contributed by atoms with Gasteiger partial charge in [-0.15, -0.1) is 0 Å². The number of cyclic esters (lactones) is 1. The molecule has 2 N–H and O–H groups in total. The first kappa shape index (κ1) is 12.2. The highest BCUT2D eigenvalue weighted by Crippen LogP contribution is 2.64. The van der Waals surface area contributed by atoms with Crippen LogP contribution in [0.4, 0.5) is 0 Å². The third-order valence-corrected chi connectivity index (χ3v) is 6.05. The average molecular weight is 249 g/mol. The molecule has 0 aromatic rings. The van der Waals surface area contributed by atoms with Crippen LogP contribution in [0.1, 0.15) is 46.0 Å². The molecule has 1 aliphatic heterocycles. The third kappa shape index (κ3) is 1.12. The van der Waals surface area contributed by atoms with Gasteiger partial charge in [0.05, 0.1) is 12.0 Å². The van der Waals surface area contributed by atoms with Gasteiger partial charge in [0.15, 0.2) is 0 Å². The second-order valence-corrected chi connectivity index (χ2v) is 6.99. The fourth-order valence-electron chi connectivity index (χ4n) is 4.76. The van der Waals surface area contributed by atoms with Gasteiger partial charge in [0.25, 0.3) is 0 Å². The Morgan fingerprint density at radius 2 is 2.06 bits per heavy atom. The van der Waals surface area contributed by atoms with Gasteiger partial charge in [0.1, 0.15) is 0 Å². The van der Waals surface area contributed by atoms with E-state index in [-0.39, 0.29) is 17.3 Å². The van der Waals surface area contributed by atoms with Gasteiger partial charge in [0.2, 0.25) is 0 Å². The number of hydrogen-bond acceptors (Lipinski definition) is 3. The first-order chi connectivity index (χ1) is 8.35. The van der Waals surface area contributed by atoms with Crippen LogP contribution in [0.3, 0.4) is 0 Å². The maximum atomic E-state index is 12.5. The standard InChI is InChI=1S/C15H23NO2/c1-10-5-8-15(16)13(2,3)6-4-7-14(15)11(10)9-18-12(14)17/h11H,1,4-9,16H2,2-3H3/t11-,14?,15+/m0/s1. The predicted molar refractivity (Wildman–Crippen MR) is 69.8 cm³/mol. The second kappa shape index (κ2) is 3.38. The number of carbonyl (C=O) groups excluding carboxylic acids is 1. The summed E-state index contributed by atoms with van der Waals surface area (Å²) in [7, 11) is 0. The molecule has 0 aromatic heterocycles. The van der Waals surface area contributed by atoms with E-state index >= 15 is 0 Å². The Morgan fingerprint density at radius 1 is 1.33 bits per heavy atom. The van der Waals surface area contributed by atoms with Crippen molar-refractivity contribution in [2.75, 3.05) is 6.61 Å². The molecular formula is C15H23NO2.